The fraction of sp³-hybridized carbons (Fsp3) is 0.638. The Bertz CT molecular complexity index is 2340. The molecule has 1 heterocycles. The average molecular weight is 1150 g/mol. The van der Waals surface area contributed by atoms with E-state index < -0.39 is 90.4 Å². The third-order valence-electron chi connectivity index (χ3n) is 14.7. The maximum atomic E-state index is 14.4. The van der Waals surface area contributed by atoms with Crippen LogP contribution in [0.4, 0.5) is 10.5 Å². The Labute approximate surface area is 484 Å². The Morgan fingerprint density at radius 2 is 1.41 bits per heavy atom. The first-order chi connectivity index (χ1) is 39.1. The first-order valence-corrected chi connectivity index (χ1v) is 28.4. The van der Waals surface area contributed by atoms with Gasteiger partial charge >= 0.3 is 6.03 Å². The van der Waals surface area contributed by atoms with Gasteiger partial charge in [-0.25, -0.2) is 4.79 Å². The number of likely N-dealkylation sites (tertiary alicyclic amines) is 1. The fourth-order valence-electron chi connectivity index (χ4n) is 10.1. The van der Waals surface area contributed by atoms with Crippen LogP contribution in [-0.4, -0.2) is 198 Å². The van der Waals surface area contributed by atoms with Crippen molar-refractivity contribution in [3.05, 3.63) is 65.7 Å². The SMILES string of the molecule is CCOCCOCC(=O)NCC(=O)NC(CCCNC(N)=O)C(=O)Nc1ccc(CNC(=O)C(Cc2ccccc2)NC(=O)C(C)C(OC)C2CCCN2C(=O)CC(OC)C(C(C)CC)N(C)C(=O)CNC(=O)C(C(C)C)N(C)C)cc1. The minimum atomic E-state index is -1.05. The Kier molecular flexibility index (Phi) is 31.1. The largest absolute Gasteiger partial charge is 0.379 e. The van der Waals surface area contributed by atoms with E-state index in [1.165, 1.54) is 14.2 Å². The van der Waals surface area contributed by atoms with E-state index in [4.69, 9.17) is 24.7 Å². The zero-order valence-corrected chi connectivity index (χ0v) is 50.0. The summed E-state index contributed by atoms with van der Waals surface area (Å²) in [4.78, 5) is 124. The number of nitrogens with zero attached hydrogens (tertiary/aromatic N) is 3. The zero-order chi connectivity index (χ0) is 60.9. The number of amides is 10. The van der Waals surface area contributed by atoms with Gasteiger partial charge in [-0.15, -0.1) is 0 Å². The van der Waals surface area contributed by atoms with E-state index in [0.29, 0.717) is 56.7 Å². The molecular formula is C58H93N11O13. The Morgan fingerprint density at radius 1 is 0.732 bits per heavy atom. The second kappa shape index (κ2) is 36.7. The minimum absolute atomic E-state index is 0.0212. The number of urea groups is 1. The molecule has 1 saturated heterocycles. The fourth-order valence-corrected chi connectivity index (χ4v) is 10.1. The number of methoxy groups -OCH3 is 2. The van der Waals surface area contributed by atoms with Crippen molar-refractivity contribution in [3.63, 3.8) is 0 Å². The van der Waals surface area contributed by atoms with Crippen molar-refractivity contribution in [1.29, 1.82) is 0 Å². The van der Waals surface area contributed by atoms with Crippen LogP contribution in [0.2, 0.25) is 0 Å². The van der Waals surface area contributed by atoms with Crippen LogP contribution >= 0.6 is 0 Å². The number of carbonyl (C=O) groups excluding carboxylic acids is 9. The monoisotopic (exact) mass is 1150 g/mol. The molecule has 9 N–H and O–H groups in total. The van der Waals surface area contributed by atoms with Crippen LogP contribution < -0.4 is 43.0 Å². The molecular weight excluding hydrogens is 1060 g/mol. The van der Waals surface area contributed by atoms with E-state index in [9.17, 15) is 43.2 Å². The summed E-state index contributed by atoms with van der Waals surface area (Å²) in [7, 11) is 8.32. The van der Waals surface area contributed by atoms with Gasteiger partial charge in [0.25, 0.3) is 0 Å². The lowest BCUT2D eigenvalue weighted by Gasteiger charge is -2.39. The number of likely N-dealkylation sites (N-methyl/N-ethyl adjacent to an activating group) is 2. The van der Waals surface area contributed by atoms with E-state index in [2.05, 4.69) is 37.2 Å². The summed E-state index contributed by atoms with van der Waals surface area (Å²) in [6, 6.07) is 11.7. The van der Waals surface area contributed by atoms with Crippen LogP contribution in [0, 0.1) is 17.8 Å². The highest BCUT2D eigenvalue weighted by Gasteiger charge is 2.43. The number of primary amides is 1. The summed E-state index contributed by atoms with van der Waals surface area (Å²) in [5.41, 5.74) is 7.04. The molecule has 0 aliphatic carbocycles. The van der Waals surface area contributed by atoms with Crippen LogP contribution in [0.1, 0.15) is 91.2 Å². The van der Waals surface area contributed by atoms with Crippen molar-refractivity contribution in [3.8, 4) is 0 Å². The highest BCUT2D eigenvalue weighted by molar-refractivity contribution is 5.98. The molecule has 82 heavy (non-hydrogen) atoms. The van der Waals surface area contributed by atoms with Gasteiger partial charge in [-0.2, -0.15) is 0 Å². The van der Waals surface area contributed by atoms with Gasteiger partial charge in [0.2, 0.25) is 47.3 Å². The third kappa shape index (κ3) is 23.3. The van der Waals surface area contributed by atoms with Crippen molar-refractivity contribution < 1.29 is 62.1 Å². The molecule has 1 aliphatic heterocycles. The molecule has 0 spiro atoms. The molecule has 0 aromatic heterocycles. The maximum Gasteiger partial charge on any atom is 0.312 e. The predicted octanol–water partition coefficient (Wildman–Crippen LogP) is 1.69. The van der Waals surface area contributed by atoms with Gasteiger partial charge in [0, 0.05) is 59.6 Å². The third-order valence-corrected chi connectivity index (χ3v) is 14.7. The van der Waals surface area contributed by atoms with Gasteiger partial charge in [0.05, 0.1) is 69.0 Å². The van der Waals surface area contributed by atoms with Crippen molar-refractivity contribution in [2.45, 2.75) is 135 Å². The smallest absolute Gasteiger partial charge is 0.312 e. The Balaban J connectivity index is 1.70. The molecule has 2 aromatic rings. The molecule has 0 radical (unpaired) electrons. The highest BCUT2D eigenvalue weighted by atomic mass is 16.5. The first-order valence-electron chi connectivity index (χ1n) is 28.4. The summed E-state index contributed by atoms with van der Waals surface area (Å²) < 4.78 is 22.4. The van der Waals surface area contributed by atoms with Crippen LogP contribution in [0.25, 0.3) is 0 Å². The van der Waals surface area contributed by atoms with Gasteiger partial charge in [0.1, 0.15) is 18.7 Å². The number of hydrogen-bond donors (Lipinski definition) is 8. The number of carbonyl (C=O) groups is 9. The van der Waals surface area contributed by atoms with E-state index in [1.54, 1.807) is 48.0 Å². The van der Waals surface area contributed by atoms with E-state index >= 15 is 0 Å². The number of rotatable bonds is 37. The number of anilines is 1. The lowest BCUT2D eigenvalue weighted by molar-refractivity contribution is -0.146. The normalized spacial score (nSPS) is 16.1. The molecule has 1 aliphatic rings. The number of hydrogen-bond acceptors (Lipinski definition) is 14. The topological polar surface area (TPSA) is 310 Å². The summed E-state index contributed by atoms with van der Waals surface area (Å²) >= 11 is 0. The number of nitrogens with one attached hydrogen (secondary N) is 7. The molecule has 9 unspecified atom stereocenters. The van der Waals surface area contributed by atoms with Crippen LogP contribution in [0.15, 0.2) is 54.6 Å². The second-order valence-electron chi connectivity index (χ2n) is 21.2. The van der Waals surface area contributed by atoms with Crippen molar-refractivity contribution in [2.75, 3.05) is 93.3 Å². The minimum Gasteiger partial charge on any atom is -0.379 e. The van der Waals surface area contributed by atoms with E-state index in [-0.39, 0.29) is 81.7 Å². The summed E-state index contributed by atoms with van der Waals surface area (Å²) in [6.07, 6.45) is 1.01. The van der Waals surface area contributed by atoms with Crippen molar-refractivity contribution in [2.24, 2.45) is 23.5 Å². The molecule has 24 heteroatoms. The Hall–Kier alpha value is -6.73. The molecule has 9 atom stereocenters. The van der Waals surface area contributed by atoms with Gasteiger partial charge in [0.15, 0.2) is 0 Å². The van der Waals surface area contributed by atoms with Gasteiger partial charge < -0.3 is 71.7 Å². The lowest BCUT2D eigenvalue weighted by atomic mass is 9.90. The Morgan fingerprint density at radius 3 is 2.02 bits per heavy atom. The molecule has 10 amide bonds. The maximum absolute atomic E-state index is 14.4. The summed E-state index contributed by atoms with van der Waals surface area (Å²) in [5, 5.41) is 19.0. The van der Waals surface area contributed by atoms with E-state index in [0.717, 1.165) is 5.56 Å². The summed E-state index contributed by atoms with van der Waals surface area (Å²) in [5.74, 6) is -4.26. The molecule has 3 rings (SSSR count). The van der Waals surface area contributed by atoms with Crippen molar-refractivity contribution in [1.82, 2.24) is 46.6 Å². The second-order valence-corrected chi connectivity index (χ2v) is 21.2. The van der Waals surface area contributed by atoms with E-state index in [1.807, 2.05) is 83.9 Å². The lowest BCUT2D eigenvalue weighted by Crippen LogP contribution is -2.55. The summed E-state index contributed by atoms with van der Waals surface area (Å²) in [6.45, 7) is 12.2. The molecule has 2 aromatic carbocycles. The predicted molar refractivity (Wildman–Crippen MR) is 310 cm³/mol. The quantitative estimate of drug-likeness (QED) is 0.0447. The van der Waals surface area contributed by atoms with Gasteiger partial charge in [-0.3, -0.25) is 43.3 Å². The van der Waals surface area contributed by atoms with Crippen LogP contribution in [-0.2, 0) is 70.3 Å². The van der Waals surface area contributed by atoms with Crippen LogP contribution in [0.5, 0.6) is 0 Å². The zero-order valence-electron chi connectivity index (χ0n) is 50.0. The van der Waals surface area contributed by atoms with Crippen molar-refractivity contribution >= 4 is 59.0 Å². The number of nitrogens with two attached hydrogens (primary N) is 1. The molecule has 0 saturated carbocycles. The molecule has 458 valence electrons. The first kappa shape index (κ1) is 69.5. The van der Waals surface area contributed by atoms with Gasteiger partial charge in [-0.1, -0.05) is 83.5 Å². The molecule has 24 nitrogen and oxygen atoms in total. The highest BCUT2D eigenvalue weighted by Crippen LogP contribution is 2.29. The van der Waals surface area contributed by atoms with Gasteiger partial charge in [-0.05, 0) is 81.8 Å². The molecule has 1 fully saturated rings. The van der Waals surface area contributed by atoms with Crippen LogP contribution in [0.3, 0.4) is 0 Å². The molecule has 0 bridgehead atoms. The number of ether oxygens (including phenoxy) is 4. The number of benzene rings is 2. The average Bonchev–Trinajstić information content (AvgIpc) is 4.08. The standard InChI is InChI=1S/C58H93N11O13/c1-12-38(5)52(68(9)50(73)35-63-57(77)51(37(3)4)67(7)8)46(79-10)32-49(72)69-28-18-22-45(69)53(80-11)39(6)54(74)66-44(31-40-19-15-14-16-20-40)55(75)62-33-41-23-25-42(26-24-41)64-56(76)43(21-17-27-60-58(59)78)65-47(70)34-61-48(71)36-82-30-29-81-13-2/h14-16,19-20,23-26,37-39,43-46,51-53H,12-13,17-18,21-22,27-36H2,1-11H3,(H,61,71)(H,62,75)(H,63,77)(H,64,76)(H,65,70)(H,66,74)(H3,59,60,78).